The first-order valence-electron chi connectivity index (χ1n) is 8.63. The molecule has 0 aliphatic carbocycles. The van der Waals surface area contributed by atoms with E-state index in [2.05, 4.69) is 20.3 Å². The number of hydrogen-bond donors (Lipinski definition) is 1. The maximum atomic E-state index is 12.7. The van der Waals surface area contributed by atoms with Crippen molar-refractivity contribution in [1.29, 1.82) is 0 Å². The van der Waals surface area contributed by atoms with Gasteiger partial charge in [-0.25, -0.2) is 9.97 Å². The van der Waals surface area contributed by atoms with Gasteiger partial charge in [0.1, 0.15) is 11.6 Å². The number of fused-ring (bicyclic) bond motifs is 1. The molecule has 0 radical (unpaired) electrons. The molecule has 0 spiro atoms. The number of hydrogen-bond acceptors (Lipinski definition) is 5. The third-order valence-electron chi connectivity index (χ3n) is 4.35. The maximum Gasteiger partial charge on any atom is 0.274 e. The molecule has 1 amide bonds. The molecule has 1 N–H and O–H groups in total. The molecule has 7 nitrogen and oxygen atoms in total. The summed E-state index contributed by atoms with van der Waals surface area (Å²) in [5.74, 6) is 1.23. The normalized spacial score (nSPS) is 11.1. The summed E-state index contributed by atoms with van der Waals surface area (Å²) in [5, 5.41) is 2.87. The van der Waals surface area contributed by atoms with Gasteiger partial charge in [0.15, 0.2) is 11.3 Å². The van der Waals surface area contributed by atoms with Crippen molar-refractivity contribution < 1.29 is 9.21 Å². The number of furan rings is 1. The van der Waals surface area contributed by atoms with E-state index >= 15 is 0 Å². The monoisotopic (exact) mass is 361 g/mol. The van der Waals surface area contributed by atoms with Crippen LogP contribution in [0.1, 0.15) is 33.4 Å². The van der Waals surface area contributed by atoms with Crippen molar-refractivity contribution in [3.63, 3.8) is 0 Å². The van der Waals surface area contributed by atoms with Gasteiger partial charge in [0.25, 0.3) is 5.91 Å². The molecule has 136 valence electrons. The van der Waals surface area contributed by atoms with E-state index in [0.29, 0.717) is 17.9 Å². The number of imidazole rings is 1. The van der Waals surface area contributed by atoms with Crippen LogP contribution in [0.3, 0.4) is 0 Å². The van der Waals surface area contributed by atoms with Gasteiger partial charge in [-0.1, -0.05) is 0 Å². The summed E-state index contributed by atoms with van der Waals surface area (Å²) in [6.07, 6.45) is 3.35. The number of amides is 1. The van der Waals surface area contributed by atoms with E-state index < -0.39 is 0 Å². The van der Waals surface area contributed by atoms with Gasteiger partial charge in [-0.3, -0.25) is 14.2 Å². The predicted molar refractivity (Wildman–Crippen MR) is 100 cm³/mol. The lowest BCUT2D eigenvalue weighted by atomic mass is 10.2. The molecular formula is C20H19N5O2. The van der Waals surface area contributed by atoms with Crippen molar-refractivity contribution >= 4 is 11.6 Å². The van der Waals surface area contributed by atoms with E-state index in [-0.39, 0.29) is 5.91 Å². The lowest BCUT2D eigenvalue weighted by Crippen LogP contribution is -2.24. The Morgan fingerprint density at radius 2 is 2.04 bits per heavy atom. The topological polar surface area (TPSA) is 85.3 Å². The van der Waals surface area contributed by atoms with Gasteiger partial charge in [0.2, 0.25) is 0 Å². The number of nitrogens with one attached hydrogen (secondary N) is 1. The Hall–Kier alpha value is -3.48. The Morgan fingerprint density at radius 1 is 1.19 bits per heavy atom. The summed E-state index contributed by atoms with van der Waals surface area (Å²) in [7, 11) is 0. The molecule has 0 aromatic carbocycles. The second kappa shape index (κ2) is 6.68. The van der Waals surface area contributed by atoms with Gasteiger partial charge in [-0.05, 0) is 51.1 Å². The van der Waals surface area contributed by atoms with E-state index in [9.17, 15) is 4.79 Å². The van der Waals surface area contributed by atoms with Crippen molar-refractivity contribution in [3.05, 3.63) is 71.4 Å². The number of aromatic nitrogens is 4. The van der Waals surface area contributed by atoms with Crippen molar-refractivity contribution in [1.82, 2.24) is 24.7 Å². The largest absolute Gasteiger partial charge is 0.464 e. The first kappa shape index (κ1) is 17.0. The van der Waals surface area contributed by atoms with Crippen LogP contribution in [0.4, 0.5) is 0 Å². The van der Waals surface area contributed by atoms with Crippen LogP contribution in [0.25, 0.3) is 17.0 Å². The summed E-state index contributed by atoms with van der Waals surface area (Å²) in [5.41, 5.74) is 4.39. The van der Waals surface area contributed by atoms with Crippen molar-refractivity contribution in [2.75, 3.05) is 0 Å². The lowest BCUT2D eigenvalue weighted by Gasteiger charge is -2.05. The minimum absolute atomic E-state index is 0.269. The van der Waals surface area contributed by atoms with Gasteiger partial charge in [0, 0.05) is 23.1 Å². The highest BCUT2D eigenvalue weighted by molar-refractivity contribution is 5.98. The van der Waals surface area contributed by atoms with Crippen LogP contribution in [-0.2, 0) is 6.54 Å². The predicted octanol–water partition coefficient (Wildman–Crippen LogP) is 3.24. The molecule has 0 aliphatic rings. The van der Waals surface area contributed by atoms with E-state index in [1.54, 1.807) is 12.5 Å². The van der Waals surface area contributed by atoms with Crippen LogP contribution < -0.4 is 5.32 Å². The molecule has 27 heavy (non-hydrogen) atoms. The third kappa shape index (κ3) is 3.19. The molecule has 4 aromatic rings. The number of aryl methyl sites for hydroxylation is 3. The molecule has 4 heterocycles. The summed E-state index contributed by atoms with van der Waals surface area (Å²) >= 11 is 0. The van der Waals surface area contributed by atoms with Gasteiger partial charge < -0.3 is 9.73 Å². The van der Waals surface area contributed by atoms with Crippen molar-refractivity contribution in [3.8, 4) is 11.3 Å². The highest BCUT2D eigenvalue weighted by Gasteiger charge is 2.18. The van der Waals surface area contributed by atoms with Crippen LogP contribution in [0, 0.1) is 20.8 Å². The summed E-state index contributed by atoms with van der Waals surface area (Å²) in [4.78, 5) is 25.9. The first-order valence-corrected chi connectivity index (χ1v) is 8.63. The van der Waals surface area contributed by atoms with Crippen LogP contribution in [-0.4, -0.2) is 25.3 Å². The molecule has 0 saturated carbocycles. The van der Waals surface area contributed by atoms with Gasteiger partial charge >= 0.3 is 0 Å². The van der Waals surface area contributed by atoms with Crippen LogP contribution in [0.2, 0.25) is 0 Å². The Kier molecular flexibility index (Phi) is 4.19. The molecule has 0 unspecified atom stereocenters. The second-order valence-electron chi connectivity index (χ2n) is 6.40. The number of nitrogens with zero attached hydrogens (tertiary/aromatic N) is 4. The summed E-state index contributed by atoms with van der Waals surface area (Å²) < 4.78 is 7.24. The van der Waals surface area contributed by atoms with E-state index in [0.717, 1.165) is 34.2 Å². The minimum atomic E-state index is -0.269. The van der Waals surface area contributed by atoms with E-state index in [1.807, 2.05) is 55.5 Å². The second-order valence-corrected chi connectivity index (χ2v) is 6.40. The molecule has 0 aliphatic heterocycles. The Morgan fingerprint density at radius 3 is 2.74 bits per heavy atom. The minimum Gasteiger partial charge on any atom is -0.464 e. The third-order valence-corrected chi connectivity index (χ3v) is 4.35. The fourth-order valence-corrected chi connectivity index (χ4v) is 3.14. The standard InChI is InChI=1S/C20H19N5O2/c1-12-9-13(2)25-14(3)24-18(19(25)23-12)20(26)22-11-16-7-6-15(10-21-16)17-5-4-8-27-17/h4-10H,11H2,1-3H3,(H,22,26). The van der Waals surface area contributed by atoms with E-state index in [4.69, 9.17) is 4.42 Å². The zero-order chi connectivity index (χ0) is 19.0. The number of pyridine rings is 1. The van der Waals surface area contributed by atoms with Crippen molar-refractivity contribution in [2.24, 2.45) is 0 Å². The molecule has 7 heteroatoms. The average Bonchev–Trinajstić information content (AvgIpc) is 3.28. The highest BCUT2D eigenvalue weighted by atomic mass is 16.3. The fourth-order valence-electron chi connectivity index (χ4n) is 3.14. The quantitative estimate of drug-likeness (QED) is 0.603. The first-order chi connectivity index (χ1) is 13.0. The van der Waals surface area contributed by atoms with Gasteiger partial charge in [-0.2, -0.15) is 0 Å². The molecule has 0 bridgehead atoms. The van der Waals surface area contributed by atoms with Gasteiger partial charge in [0.05, 0.1) is 18.5 Å². The lowest BCUT2D eigenvalue weighted by molar-refractivity contribution is 0.0947. The Bertz CT molecular complexity index is 1110. The Labute approximate surface area is 156 Å². The number of carbonyl (C=O) groups excluding carboxylic acids is 1. The van der Waals surface area contributed by atoms with E-state index in [1.165, 1.54) is 0 Å². The number of rotatable bonds is 4. The zero-order valence-electron chi connectivity index (χ0n) is 15.4. The van der Waals surface area contributed by atoms with Crippen molar-refractivity contribution in [2.45, 2.75) is 27.3 Å². The average molecular weight is 361 g/mol. The fraction of sp³-hybridized carbons (Fsp3) is 0.200. The maximum absolute atomic E-state index is 12.7. The molecule has 0 saturated heterocycles. The highest BCUT2D eigenvalue weighted by Crippen LogP contribution is 2.19. The Balaban J connectivity index is 1.52. The van der Waals surface area contributed by atoms with Crippen LogP contribution >= 0.6 is 0 Å². The smallest absolute Gasteiger partial charge is 0.274 e. The molecule has 0 fully saturated rings. The summed E-state index contributed by atoms with van der Waals surface area (Å²) in [6.45, 7) is 6.05. The summed E-state index contributed by atoms with van der Waals surface area (Å²) in [6, 6.07) is 9.45. The van der Waals surface area contributed by atoms with Crippen LogP contribution in [0.5, 0.6) is 0 Å². The number of carbonyl (C=O) groups is 1. The molecular weight excluding hydrogens is 342 g/mol. The van der Waals surface area contributed by atoms with Gasteiger partial charge in [-0.15, -0.1) is 0 Å². The molecule has 0 atom stereocenters. The SMILES string of the molecule is Cc1cc(C)n2c(C)nc(C(=O)NCc3ccc(-c4ccco4)cn3)c2n1. The molecule has 4 aromatic heterocycles. The van der Waals surface area contributed by atoms with Crippen LogP contribution in [0.15, 0.2) is 47.2 Å². The zero-order valence-corrected chi connectivity index (χ0v) is 15.4. The molecule has 4 rings (SSSR count).